The van der Waals surface area contributed by atoms with Crippen molar-refractivity contribution in [1.29, 1.82) is 0 Å². The average Bonchev–Trinajstić information content (AvgIpc) is 3.19. The molecule has 0 N–H and O–H groups in total. The average molecular weight is 348 g/mol. The summed E-state index contributed by atoms with van der Waals surface area (Å²) in [4.78, 5) is 4.91. The third-order valence-electron chi connectivity index (χ3n) is 4.96. The number of piperidine rings is 1. The topological polar surface area (TPSA) is 59.3 Å². The summed E-state index contributed by atoms with van der Waals surface area (Å²) >= 11 is 1.62. The molecule has 2 fully saturated rings. The fourth-order valence-electron chi connectivity index (χ4n) is 3.96. The molecule has 4 rings (SSSR count). The second-order valence-corrected chi connectivity index (χ2v) is 7.84. The number of hydrogen-bond acceptors (Lipinski definition) is 7. The summed E-state index contributed by atoms with van der Waals surface area (Å²) in [6.07, 6.45) is 6.51. The number of aromatic nitrogens is 4. The fraction of sp³-hybridized carbons (Fsp3) is 0.688. The van der Waals surface area contributed by atoms with Crippen molar-refractivity contribution in [3.8, 4) is 0 Å². The molecule has 8 heteroatoms. The number of anilines is 1. The zero-order valence-electron chi connectivity index (χ0n) is 14.1. The first kappa shape index (κ1) is 16.0. The van der Waals surface area contributed by atoms with E-state index in [0.29, 0.717) is 0 Å². The summed E-state index contributed by atoms with van der Waals surface area (Å²) < 4.78 is 7.87. The minimum absolute atomic E-state index is 0.183. The van der Waals surface area contributed by atoms with Gasteiger partial charge in [-0.2, -0.15) is 5.10 Å². The lowest BCUT2D eigenvalue weighted by Crippen LogP contribution is -2.50. The summed E-state index contributed by atoms with van der Waals surface area (Å²) in [5, 5.41) is 13.6. The van der Waals surface area contributed by atoms with E-state index in [0.717, 1.165) is 51.1 Å². The predicted molar refractivity (Wildman–Crippen MR) is 93.1 cm³/mol. The van der Waals surface area contributed by atoms with Crippen LogP contribution in [-0.4, -0.2) is 64.3 Å². The molecule has 0 radical (unpaired) electrons. The molecule has 24 heavy (non-hydrogen) atoms. The van der Waals surface area contributed by atoms with Gasteiger partial charge in [0, 0.05) is 50.4 Å². The molecular weight excluding hydrogens is 324 g/mol. The van der Waals surface area contributed by atoms with Gasteiger partial charge >= 0.3 is 0 Å². The van der Waals surface area contributed by atoms with Gasteiger partial charge in [-0.3, -0.25) is 9.58 Å². The molecule has 2 aromatic heterocycles. The quantitative estimate of drug-likeness (QED) is 0.835. The molecule has 1 spiro atoms. The molecule has 2 saturated heterocycles. The maximum Gasteiger partial charge on any atom is 0.208 e. The lowest BCUT2D eigenvalue weighted by atomic mass is 9.80. The Labute approximate surface area is 146 Å². The third-order valence-corrected chi connectivity index (χ3v) is 5.71. The summed E-state index contributed by atoms with van der Waals surface area (Å²) in [5.74, 6) is 0. The highest BCUT2D eigenvalue weighted by atomic mass is 32.1. The van der Waals surface area contributed by atoms with E-state index in [1.165, 1.54) is 18.4 Å². The van der Waals surface area contributed by atoms with Gasteiger partial charge in [-0.15, -0.1) is 10.2 Å². The predicted octanol–water partition coefficient (Wildman–Crippen LogP) is 1.39. The normalized spacial score (nSPS) is 26.0. The first-order valence-corrected chi connectivity index (χ1v) is 9.39. The molecule has 0 amide bonds. The van der Waals surface area contributed by atoms with E-state index in [9.17, 15) is 0 Å². The Balaban J connectivity index is 1.47. The number of rotatable bonds is 3. The highest BCUT2D eigenvalue weighted by Crippen LogP contribution is 2.35. The van der Waals surface area contributed by atoms with Crippen molar-refractivity contribution >= 4 is 16.5 Å². The molecule has 0 aromatic carbocycles. The molecule has 130 valence electrons. The summed E-state index contributed by atoms with van der Waals surface area (Å²) in [6, 6.07) is 0. The van der Waals surface area contributed by atoms with E-state index in [1.807, 2.05) is 23.4 Å². The third kappa shape index (κ3) is 3.45. The van der Waals surface area contributed by atoms with Crippen molar-refractivity contribution in [3.63, 3.8) is 0 Å². The minimum atomic E-state index is 0.183. The summed E-state index contributed by atoms with van der Waals surface area (Å²) in [7, 11) is 1.97. The number of aryl methyl sites for hydroxylation is 1. The maximum absolute atomic E-state index is 5.99. The monoisotopic (exact) mass is 348 g/mol. The number of hydrogen-bond donors (Lipinski definition) is 0. The van der Waals surface area contributed by atoms with Gasteiger partial charge in [0.15, 0.2) is 0 Å². The molecular formula is C16H24N6OS. The lowest BCUT2D eigenvalue weighted by Gasteiger charge is -2.43. The maximum atomic E-state index is 5.99. The van der Waals surface area contributed by atoms with Gasteiger partial charge in [0.2, 0.25) is 5.13 Å². The Morgan fingerprint density at radius 1 is 1.33 bits per heavy atom. The van der Waals surface area contributed by atoms with E-state index in [4.69, 9.17) is 4.74 Å². The Morgan fingerprint density at radius 2 is 2.29 bits per heavy atom. The largest absolute Gasteiger partial charge is 0.379 e. The molecule has 0 saturated carbocycles. The van der Waals surface area contributed by atoms with Gasteiger partial charge in [-0.1, -0.05) is 11.3 Å². The van der Waals surface area contributed by atoms with Gasteiger partial charge in [0.25, 0.3) is 0 Å². The number of likely N-dealkylation sites (tertiary alicyclic amines) is 1. The molecule has 2 aliphatic heterocycles. The van der Waals surface area contributed by atoms with Crippen LogP contribution in [0.4, 0.5) is 5.13 Å². The van der Waals surface area contributed by atoms with Gasteiger partial charge in [-0.05, 0) is 19.4 Å². The van der Waals surface area contributed by atoms with E-state index < -0.39 is 0 Å². The molecule has 0 unspecified atom stereocenters. The first-order valence-electron chi connectivity index (χ1n) is 8.51. The molecule has 2 aliphatic rings. The van der Waals surface area contributed by atoms with E-state index in [1.54, 1.807) is 11.3 Å². The van der Waals surface area contributed by atoms with Crippen LogP contribution >= 0.6 is 11.3 Å². The van der Waals surface area contributed by atoms with Crippen LogP contribution in [0.1, 0.15) is 18.4 Å². The molecule has 0 aliphatic carbocycles. The van der Waals surface area contributed by atoms with Gasteiger partial charge in [0.05, 0.1) is 19.4 Å². The van der Waals surface area contributed by atoms with Crippen molar-refractivity contribution in [2.24, 2.45) is 12.5 Å². The second kappa shape index (κ2) is 6.78. The highest BCUT2D eigenvalue weighted by molar-refractivity contribution is 7.13. The molecule has 1 atom stereocenters. The molecule has 4 heterocycles. The van der Waals surface area contributed by atoms with E-state index in [2.05, 4.69) is 31.3 Å². The molecule has 7 nitrogen and oxygen atoms in total. The smallest absolute Gasteiger partial charge is 0.208 e. The Bertz CT molecular complexity index is 659. The Hall–Kier alpha value is -1.51. The molecule has 0 bridgehead atoms. The Morgan fingerprint density at radius 3 is 3.08 bits per heavy atom. The highest BCUT2D eigenvalue weighted by Gasteiger charge is 2.39. The van der Waals surface area contributed by atoms with Gasteiger partial charge in [-0.25, -0.2) is 0 Å². The van der Waals surface area contributed by atoms with Crippen LogP contribution in [0.15, 0.2) is 17.9 Å². The zero-order valence-corrected chi connectivity index (χ0v) is 14.9. The van der Waals surface area contributed by atoms with Crippen molar-refractivity contribution in [3.05, 3.63) is 23.5 Å². The molecule has 2 aromatic rings. The van der Waals surface area contributed by atoms with Crippen LogP contribution in [0.3, 0.4) is 0 Å². The Kier molecular flexibility index (Phi) is 4.51. The standard InChI is InChI=1S/C16H24N6OS/c1-20-8-14(7-18-20)9-21-4-2-3-16(10-21)11-22(5-6-23-12-16)15-19-17-13-24-15/h7-8,13H,2-6,9-12H2,1H3/t16-/m0/s1. The zero-order chi connectivity index (χ0) is 16.4. The first-order chi connectivity index (χ1) is 11.7. The van der Waals surface area contributed by atoms with E-state index in [-0.39, 0.29) is 5.41 Å². The van der Waals surface area contributed by atoms with Crippen molar-refractivity contribution < 1.29 is 4.74 Å². The lowest BCUT2D eigenvalue weighted by molar-refractivity contribution is 0.0106. The SMILES string of the molecule is Cn1cc(CN2CCC[C@]3(COCCN(c4nncs4)C3)C2)cn1. The van der Waals surface area contributed by atoms with Gasteiger partial charge < -0.3 is 9.64 Å². The van der Waals surface area contributed by atoms with Crippen molar-refractivity contribution in [2.45, 2.75) is 19.4 Å². The number of ether oxygens (including phenoxy) is 1. The van der Waals surface area contributed by atoms with Crippen LogP contribution < -0.4 is 4.90 Å². The number of nitrogens with zero attached hydrogens (tertiary/aromatic N) is 6. The van der Waals surface area contributed by atoms with Crippen LogP contribution in [0, 0.1) is 5.41 Å². The second-order valence-electron chi connectivity index (χ2n) is 7.03. The van der Waals surface area contributed by atoms with Crippen LogP contribution in [0.2, 0.25) is 0 Å². The van der Waals surface area contributed by atoms with Crippen LogP contribution in [-0.2, 0) is 18.3 Å². The minimum Gasteiger partial charge on any atom is -0.379 e. The van der Waals surface area contributed by atoms with Crippen LogP contribution in [0.5, 0.6) is 0 Å². The van der Waals surface area contributed by atoms with Crippen LogP contribution in [0.25, 0.3) is 0 Å². The summed E-state index contributed by atoms with van der Waals surface area (Å²) in [6.45, 7) is 6.70. The fourth-order valence-corrected chi connectivity index (χ4v) is 4.55. The van der Waals surface area contributed by atoms with Gasteiger partial charge in [0.1, 0.15) is 5.51 Å². The van der Waals surface area contributed by atoms with Crippen molar-refractivity contribution in [2.75, 3.05) is 44.3 Å². The summed E-state index contributed by atoms with van der Waals surface area (Å²) in [5.41, 5.74) is 3.27. The van der Waals surface area contributed by atoms with E-state index >= 15 is 0 Å². The van der Waals surface area contributed by atoms with Crippen molar-refractivity contribution in [1.82, 2.24) is 24.9 Å².